The Morgan fingerprint density at radius 1 is 0.903 bits per heavy atom. The molecule has 7 atom stereocenters. The third-order valence-electron chi connectivity index (χ3n) is 10.1. The van der Waals surface area contributed by atoms with Gasteiger partial charge in [-0.1, -0.05) is 26.7 Å². The van der Waals surface area contributed by atoms with Crippen LogP contribution in [-0.4, -0.2) is 11.6 Å². The highest BCUT2D eigenvalue weighted by Gasteiger charge is 2.59. The van der Waals surface area contributed by atoms with E-state index in [1.807, 2.05) is 20.8 Å². The molecule has 4 aliphatic carbocycles. The van der Waals surface area contributed by atoms with E-state index in [1.54, 1.807) is 0 Å². The minimum absolute atomic E-state index is 0.00977. The first-order valence-corrected chi connectivity index (χ1v) is 14.7. The van der Waals surface area contributed by atoms with Crippen LogP contribution in [0.5, 0.6) is 0 Å². The van der Waals surface area contributed by atoms with Gasteiger partial charge < -0.3 is 4.74 Å². The van der Waals surface area contributed by atoms with Gasteiger partial charge in [0.15, 0.2) is 0 Å². The molecule has 0 aromatic heterocycles. The summed E-state index contributed by atoms with van der Waals surface area (Å²) < 4.78 is 5.53. The third kappa shape index (κ3) is 5.31. The number of thiol groups is 2. The average molecular weight is 469 g/mol. The second kappa shape index (κ2) is 10.2. The molecule has 0 amide bonds. The van der Waals surface area contributed by atoms with Gasteiger partial charge in [-0.3, -0.25) is 4.79 Å². The third-order valence-corrected chi connectivity index (χ3v) is 10.1. The van der Waals surface area contributed by atoms with Gasteiger partial charge in [-0.05, 0) is 125 Å². The van der Waals surface area contributed by atoms with E-state index in [2.05, 4.69) is 37.2 Å². The summed E-state index contributed by atoms with van der Waals surface area (Å²) in [7, 11) is 0. The highest BCUT2D eigenvalue weighted by atomic mass is 33.1. The summed E-state index contributed by atoms with van der Waals surface area (Å²) in [6.07, 6.45) is 17.6. The largest absolute Gasteiger partial charge is 0.460 e. The monoisotopic (exact) mass is 468 g/mol. The van der Waals surface area contributed by atoms with Gasteiger partial charge in [-0.25, -0.2) is 0 Å². The van der Waals surface area contributed by atoms with Crippen molar-refractivity contribution in [2.75, 3.05) is 0 Å². The summed E-state index contributed by atoms with van der Waals surface area (Å²) in [5, 5.41) is 0. The summed E-state index contributed by atoms with van der Waals surface area (Å²) in [5.74, 6) is 4.78. The van der Waals surface area contributed by atoms with Crippen molar-refractivity contribution in [1.82, 2.24) is 0 Å². The van der Waals surface area contributed by atoms with Crippen LogP contribution < -0.4 is 0 Å². The zero-order chi connectivity index (χ0) is 22.9. The minimum Gasteiger partial charge on any atom is -0.460 e. The second-order valence-corrected chi connectivity index (χ2v) is 12.7. The fourth-order valence-corrected chi connectivity index (χ4v) is 8.76. The van der Waals surface area contributed by atoms with E-state index in [0.29, 0.717) is 17.3 Å². The van der Waals surface area contributed by atoms with Crippen molar-refractivity contribution >= 4 is 29.3 Å². The van der Waals surface area contributed by atoms with Crippen LogP contribution in [-0.2, 0) is 9.53 Å². The molecular formula is C27H48O2S2. The van der Waals surface area contributed by atoms with Crippen molar-refractivity contribution in [1.29, 1.82) is 0 Å². The number of hydrogen-bond acceptors (Lipinski definition) is 4. The Bertz CT molecular complexity index is 615. The summed E-state index contributed by atoms with van der Waals surface area (Å²) in [6, 6.07) is 0. The van der Waals surface area contributed by atoms with Gasteiger partial charge >= 0.3 is 5.97 Å². The zero-order valence-electron chi connectivity index (χ0n) is 20.8. The van der Waals surface area contributed by atoms with Crippen LogP contribution in [0.25, 0.3) is 0 Å². The van der Waals surface area contributed by atoms with Crippen LogP contribution in [0.4, 0.5) is 0 Å². The van der Waals surface area contributed by atoms with Crippen molar-refractivity contribution in [2.24, 2.45) is 40.4 Å². The van der Waals surface area contributed by atoms with Gasteiger partial charge in [0.05, 0.1) is 0 Å². The molecule has 6 unspecified atom stereocenters. The van der Waals surface area contributed by atoms with E-state index in [9.17, 15) is 4.79 Å². The van der Waals surface area contributed by atoms with Crippen LogP contribution >= 0.6 is 23.3 Å². The first-order chi connectivity index (χ1) is 14.6. The topological polar surface area (TPSA) is 26.3 Å². The lowest BCUT2D eigenvalue weighted by molar-refractivity contribution is -0.155. The number of hydrogen-bond donors (Lipinski definition) is 2. The Balaban J connectivity index is 0.00000132. The second-order valence-electron chi connectivity index (χ2n) is 12.7. The smallest absolute Gasteiger partial charge is 0.306 e. The molecule has 0 radical (unpaired) electrons. The number of carbonyl (C=O) groups is 1. The average Bonchev–Trinajstić information content (AvgIpc) is 3.04. The number of rotatable bonds is 4. The maximum atomic E-state index is 12.1. The van der Waals surface area contributed by atoms with E-state index in [1.165, 1.54) is 70.6 Å². The van der Waals surface area contributed by atoms with E-state index in [0.717, 1.165) is 36.0 Å². The van der Waals surface area contributed by atoms with Gasteiger partial charge in [0.25, 0.3) is 0 Å². The van der Waals surface area contributed by atoms with E-state index < -0.39 is 0 Å². The lowest BCUT2D eigenvalue weighted by atomic mass is 9.45. The van der Waals surface area contributed by atoms with Gasteiger partial charge in [0, 0.05) is 6.42 Å². The first kappa shape index (κ1) is 25.8. The lowest BCUT2D eigenvalue weighted by Crippen LogP contribution is -2.52. The highest BCUT2D eigenvalue weighted by molar-refractivity contribution is 8.59. The van der Waals surface area contributed by atoms with Crippen molar-refractivity contribution in [2.45, 2.75) is 124 Å². The Kier molecular flexibility index (Phi) is 8.48. The maximum Gasteiger partial charge on any atom is 0.306 e. The molecule has 0 heterocycles. The molecule has 4 fully saturated rings. The molecular weight excluding hydrogens is 420 g/mol. The van der Waals surface area contributed by atoms with Crippen LogP contribution in [0, 0.1) is 40.4 Å². The summed E-state index contributed by atoms with van der Waals surface area (Å²) in [4.78, 5) is 12.1. The van der Waals surface area contributed by atoms with Crippen molar-refractivity contribution in [3.8, 4) is 0 Å². The van der Waals surface area contributed by atoms with E-state index in [4.69, 9.17) is 4.74 Å². The predicted octanol–water partition coefficient (Wildman–Crippen LogP) is 8.31. The lowest BCUT2D eigenvalue weighted by Gasteiger charge is -2.60. The van der Waals surface area contributed by atoms with Gasteiger partial charge in [0.2, 0.25) is 0 Å². The molecule has 0 bridgehead atoms. The zero-order valence-corrected chi connectivity index (χ0v) is 22.6. The molecule has 0 spiro atoms. The van der Waals surface area contributed by atoms with E-state index >= 15 is 0 Å². The normalized spacial score (nSPS) is 41.8. The molecule has 4 heteroatoms. The Morgan fingerprint density at radius 3 is 2.32 bits per heavy atom. The Labute approximate surface area is 202 Å². The molecule has 0 N–H and O–H groups in total. The summed E-state index contributed by atoms with van der Waals surface area (Å²) in [5.41, 5.74) is 0.832. The first-order valence-electron chi connectivity index (χ1n) is 13.1. The van der Waals surface area contributed by atoms with Crippen molar-refractivity contribution < 1.29 is 9.53 Å². The Hall–Kier alpha value is 0.170. The molecule has 0 saturated heterocycles. The SMILES string of the molecule is CC(C)(C)OC(=O)CCCC1CCC2[C@@H]3CCC4CCCCC4(C)C3CCC12C.SS. The predicted molar refractivity (Wildman–Crippen MR) is 138 cm³/mol. The fraction of sp³-hybridized carbons (Fsp3) is 0.963. The molecule has 4 aliphatic rings. The number of fused-ring (bicyclic) bond motifs is 5. The molecule has 31 heavy (non-hydrogen) atoms. The number of esters is 1. The number of carbonyl (C=O) groups excluding carboxylic acids is 1. The quantitative estimate of drug-likeness (QED) is 0.246. The molecule has 4 rings (SSSR count). The molecule has 0 aromatic rings. The van der Waals surface area contributed by atoms with Crippen molar-refractivity contribution in [3.05, 3.63) is 0 Å². The van der Waals surface area contributed by atoms with Crippen LogP contribution in [0.15, 0.2) is 0 Å². The highest BCUT2D eigenvalue weighted by Crippen LogP contribution is 2.67. The summed E-state index contributed by atoms with van der Waals surface area (Å²) >= 11 is 6.44. The van der Waals surface area contributed by atoms with Crippen LogP contribution in [0.2, 0.25) is 0 Å². The van der Waals surface area contributed by atoms with Gasteiger partial charge in [-0.2, -0.15) is 0 Å². The van der Waals surface area contributed by atoms with Crippen molar-refractivity contribution in [3.63, 3.8) is 0 Å². The standard InChI is InChI=1S/C27H46O2.H2S2/c1-25(2,3)29-24(28)11-8-10-20-13-15-22-21-14-12-19-9-6-7-17-26(19,4)23(21)16-18-27(20,22)5;1-2/h19-23H,6-18H2,1-5H3;1-2H/t19?,20?,21-,22?,23?,26?,27?;/m0./s1. The molecule has 4 saturated carbocycles. The summed E-state index contributed by atoms with van der Waals surface area (Å²) in [6.45, 7) is 11.2. The maximum absolute atomic E-state index is 12.1. The number of ether oxygens (including phenoxy) is 1. The minimum atomic E-state index is -0.353. The molecule has 2 nitrogen and oxygen atoms in total. The van der Waals surface area contributed by atoms with Gasteiger partial charge in [-0.15, -0.1) is 23.3 Å². The Morgan fingerprint density at radius 2 is 1.61 bits per heavy atom. The molecule has 180 valence electrons. The van der Waals surface area contributed by atoms with E-state index in [-0.39, 0.29) is 11.6 Å². The fourth-order valence-electron chi connectivity index (χ4n) is 8.76. The van der Waals surface area contributed by atoms with Crippen LogP contribution in [0.1, 0.15) is 118 Å². The van der Waals surface area contributed by atoms with Crippen LogP contribution in [0.3, 0.4) is 0 Å². The molecule has 0 aromatic carbocycles. The molecule has 0 aliphatic heterocycles. The van der Waals surface area contributed by atoms with Gasteiger partial charge in [0.1, 0.15) is 5.60 Å².